The summed E-state index contributed by atoms with van der Waals surface area (Å²) in [5, 5.41) is 8.08. The molecule has 1 unspecified atom stereocenters. The molecule has 21 heavy (non-hydrogen) atoms. The zero-order chi connectivity index (χ0) is 15.1. The molecule has 3 nitrogen and oxygen atoms in total. The Morgan fingerprint density at radius 1 is 1.29 bits per heavy atom. The summed E-state index contributed by atoms with van der Waals surface area (Å²) in [6.45, 7) is 6.23. The Hall–Kier alpha value is -0.780. The lowest BCUT2D eigenvalue weighted by Crippen LogP contribution is -2.27. The van der Waals surface area contributed by atoms with E-state index in [4.69, 9.17) is 0 Å². The van der Waals surface area contributed by atoms with E-state index in [1.54, 1.807) is 0 Å². The summed E-state index contributed by atoms with van der Waals surface area (Å²) in [7, 11) is 0. The maximum Gasteiger partial charge on any atom is 0.0704 e. The van der Waals surface area contributed by atoms with Crippen LogP contribution in [0.1, 0.15) is 32.0 Å². The van der Waals surface area contributed by atoms with Crippen LogP contribution >= 0.6 is 27.7 Å². The second kappa shape index (κ2) is 8.61. The number of halogens is 1. The minimum absolute atomic E-state index is 0.298. The molecule has 1 aromatic heterocycles. The van der Waals surface area contributed by atoms with Crippen LogP contribution in [-0.2, 0) is 6.54 Å². The molecule has 114 valence electrons. The van der Waals surface area contributed by atoms with Gasteiger partial charge in [-0.15, -0.1) is 11.8 Å². The molecule has 0 aliphatic rings. The largest absolute Gasteiger partial charge is 0.308 e. The smallest absolute Gasteiger partial charge is 0.0704 e. The molecule has 0 radical (unpaired) electrons. The minimum Gasteiger partial charge on any atom is -0.308 e. The van der Waals surface area contributed by atoms with Gasteiger partial charge in [-0.2, -0.15) is 5.10 Å². The first-order chi connectivity index (χ1) is 10.3. The second-order valence-electron chi connectivity index (χ2n) is 4.82. The van der Waals surface area contributed by atoms with Gasteiger partial charge in [0.25, 0.3) is 0 Å². The number of nitrogens with one attached hydrogen (secondary N) is 1. The predicted molar refractivity (Wildman–Crippen MR) is 93.8 cm³/mol. The average molecular weight is 368 g/mol. The molecule has 0 bridgehead atoms. The van der Waals surface area contributed by atoms with E-state index in [0.717, 1.165) is 29.7 Å². The molecular weight excluding hydrogens is 346 g/mol. The molecule has 0 saturated heterocycles. The van der Waals surface area contributed by atoms with Crippen molar-refractivity contribution in [3.8, 4) is 0 Å². The highest BCUT2D eigenvalue weighted by atomic mass is 79.9. The van der Waals surface area contributed by atoms with Crippen LogP contribution in [0.4, 0.5) is 0 Å². The van der Waals surface area contributed by atoms with Crippen LogP contribution in [0, 0.1) is 0 Å². The number of rotatable bonds is 8. The predicted octanol–water partition coefficient (Wildman–Crippen LogP) is 4.50. The third-order valence-corrected chi connectivity index (χ3v) is 4.98. The van der Waals surface area contributed by atoms with Gasteiger partial charge < -0.3 is 5.32 Å². The van der Waals surface area contributed by atoms with E-state index in [1.807, 2.05) is 18.0 Å². The first-order valence-electron chi connectivity index (χ1n) is 7.38. The summed E-state index contributed by atoms with van der Waals surface area (Å²) in [5.74, 6) is 0.994. The van der Waals surface area contributed by atoms with Crippen LogP contribution in [0.2, 0.25) is 0 Å². The number of thioether (sulfide) groups is 1. The van der Waals surface area contributed by atoms with Crippen molar-refractivity contribution >= 4 is 27.7 Å². The van der Waals surface area contributed by atoms with Crippen molar-refractivity contribution in [2.45, 2.75) is 37.8 Å². The Morgan fingerprint density at radius 2 is 2.05 bits per heavy atom. The van der Waals surface area contributed by atoms with Crippen LogP contribution in [0.15, 0.2) is 45.9 Å². The highest BCUT2D eigenvalue weighted by Crippen LogP contribution is 2.29. The number of aromatic nitrogens is 2. The standard InChI is InChI=1S/C16H22BrN3S/c1-3-10-18-15(12-21-13-8-6-5-7-9-13)16-14(17)11-19-20(16)4-2/h5-9,11,15,18H,3-4,10,12H2,1-2H3. The molecule has 0 aliphatic carbocycles. The highest BCUT2D eigenvalue weighted by Gasteiger charge is 2.19. The molecule has 1 aromatic carbocycles. The lowest BCUT2D eigenvalue weighted by atomic mass is 10.2. The summed E-state index contributed by atoms with van der Waals surface area (Å²) in [6, 6.07) is 10.8. The van der Waals surface area contributed by atoms with Gasteiger partial charge in [-0.1, -0.05) is 25.1 Å². The summed E-state index contributed by atoms with van der Waals surface area (Å²) in [5.41, 5.74) is 1.24. The fraction of sp³-hybridized carbons (Fsp3) is 0.438. The van der Waals surface area contributed by atoms with Crippen LogP contribution in [0.5, 0.6) is 0 Å². The number of hydrogen-bond donors (Lipinski definition) is 1. The van der Waals surface area contributed by atoms with Crippen molar-refractivity contribution in [3.63, 3.8) is 0 Å². The van der Waals surface area contributed by atoms with Crippen molar-refractivity contribution in [1.29, 1.82) is 0 Å². The average Bonchev–Trinajstić information content (AvgIpc) is 2.89. The Labute approximate surface area is 139 Å². The van der Waals surface area contributed by atoms with Crippen LogP contribution < -0.4 is 5.32 Å². The third kappa shape index (κ3) is 4.59. The lowest BCUT2D eigenvalue weighted by molar-refractivity contribution is 0.512. The Morgan fingerprint density at radius 3 is 2.71 bits per heavy atom. The Bertz CT molecular complexity index is 542. The molecular formula is C16H22BrN3S. The fourth-order valence-corrected chi connectivity index (χ4v) is 3.78. The van der Waals surface area contributed by atoms with Gasteiger partial charge in [-0.05, 0) is 48.0 Å². The van der Waals surface area contributed by atoms with E-state index in [9.17, 15) is 0 Å². The monoisotopic (exact) mass is 367 g/mol. The number of aryl methyl sites for hydroxylation is 1. The quantitative estimate of drug-likeness (QED) is 0.696. The van der Waals surface area contributed by atoms with Crippen molar-refractivity contribution in [2.24, 2.45) is 0 Å². The number of hydrogen-bond acceptors (Lipinski definition) is 3. The van der Waals surface area contributed by atoms with Crippen LogP contribution in [0.25, 0.3) is 0 Å². The van der Waals surface area contributed by atoms with Crippen molar-refractivity contribution in [2.75, 3.05) is 12.3 Å². The molecule has 0 amide bonds. The Kier molecular flexibility index (Phi) is 6.80. The molecule has 1 atom stereocenters. The van der Waals surface area contributed by atoms with Gasteiger partial charge in [0.15, 0.2) is 0 Å². The van der Waals surface area contributed by atoms with Crippen LogP contribution in [0.3, 0.4) is 0 Å². The van der Waals surface area contributed by atoms with Gasteiger partial charge in [-0.25, -0.2) is 0 Å². The summed E-state index contributed by atoms with van der Waals surface area (Å²) in [4.78, 5) is 1.31. The molecule has 0 spiro atoms. The van der Waals surface area contributed by atoms with Gasteiger partial charge >= 0.3 is 0 Å². The zero-order valence-electron chi connectivity index (χ0n) is 12.6. The van der Waals surface area contributed by atoms with Crippen molar-refractivity contribution in [1.82, 2.24) is 15.1 Å². The maximum absolute atomic E-state index is 4.44. The van der Waals surface area contributed by atoms with Crippen molar-refractivity contribution < 1.29 is 0 Å². The minimum atomic E-state index is 0.298. The molecule has 2 aromatic rings. The van der Waals surface area contributed by atoms with Crippen LogP contribution in [-0.4, -0.2) is 22.1 Å². The van der Waals surface area contributed by atoms with Gasteiger partial charge in [0.05, 0.1) is 22.4 Å². The van der Waals surface area contributed by atoms with Crippen molar-refractivity contribution in [3.05, 3.63) is 46.7 Å². The first-order valence-corrected chi connectivity index (χ1v) is 9.16. The molecule has 1 N–H and O–H groups in total. The zero-order valence-corrected chi connectivity index (χ0v) is 15.0. The first kappa shape index (κ1) is 16.6. The molecule has 2 rings (SSSR count). The molecule has 0 aliphatic heterocycles. The van der Waals surface area contributed by atoms with Gasteiger partial charge in [0, 0.05) is 17.2 Å². The molecule has 1 heterocycles. The van der Waals surface area contributed by atoms with Gasteiger partial charge in [0.1, 0.15) is 0 Å². The van der Waals surface area contributed by atoms with Gasteiger partial charge in [-0.3, -0.25) is 4.68 Å². The molecule has 0 saturated carbocycles. The normalized spacial score (nSPS) is 12.5. The third-order valence-electron chi connectivity index (χ3n) is 3.26. The summed E-state index contributed by atoms with van der Waals surface area (Å²) < 4.78 is 3.16. The lowest BCUT2D eigenvalue weighted by Gasteiger charge is -2.20. The highest BCUT2D eigenvalue weighted by molar-refractivity contribution is 9.10. The number of nitrogens with zero attached hydrogens (tertiary/aromatic N) is 2. The fourth-order valence-electron chi connectivity index (χ4n) is 2.22. The summed E-state index contributed by atoms with van der Waals surface area (Å²) in [6.07, 6.45) is 3.02. The van der Waals surface area contributed by atoms with E-state index < -0.39 is 0 Å². The van der Waals surface area contributed by atoms with E-state index in [-0.39, 0.29) is 0 Å². The van der Waals surface area contributed by atoms with E-state index in [2.05, 4.69) is 75.2 Å². The number of benzene rings is 1. The Balaban J connectivity index is 2.12. The van der Waals surface area contributed by atoms with E-state index >= 15 is 0 Å². The maximum atomic E-state index is 4.44. The van der Waals surface area contributed by atoms with E-state index in [1.165, 1.54) is 10.6 Å². The topological polar surface area (TPSA) is 29.9 Å². The summed E-state index contributed by atoms with van der Waals surface area (Å²) >= 11 is 5.52. The molecule has 0 fully saturated rings. The van der Waals surface area contributed by atoms with E-state index in [0.29, 0.717) is 6.04 Å². The molecule has 5 heteroatoms. The second-order valence-corrected chi connectivity index (χ2v) is 6.77. The van der Waals surface area contributed by atoms with Gasteiger partial charge in [0.2, 0.25) is 0 Å². The SMILES string of the molecule is CCCNC(CSc1ccccc1)c1c(Br)cnn1CC.